The summed E-state index contributed by atoms with van der Waals surface area (Å²) in [6.45, 7) is 0.0949. The Morgan fingerprint density at radius 2 is 1.87 bits per heavy atom. The molecule has 1 amide bonds. The average Bonchev–Trinajstić information content (AvgIpc) is 3.52. The Kier molecular flexibility index (Phi) is 5.75. The number of benzene rings is 3. The minimum absolute atomic E-state index is 0.0171. The van der Waals surface area contributed by atoms with Gasteiger partial charge in [0.2, 0.25) is 12.7 Å². The zero-order valence-corrected chi connectivity index (χ0v) is 20.2. The quantitative estimate of drug-likeness (QED) is 0.231. The summed E-state index contributed by atoms with van der Waals surface area (Å²) in [6.07, 6.45) is -4.60. The zero-order valence-electron chi connectivity index (χ0n) is 19.3. The lowest BCUT2D eigenvalue weighted by molar-refractivity contribution is -0.137. The van der Waals surface area contributed by atoms with Crippen molar-refractivity contribution in [2.75, 3.05) is 17.9 Å². The molecule has 5 aromatic rings. The van der Waals surface area contributed by atoms with Gasteiger partial charge in [-0.15, -0.1) is 0 Å². The highest BCUT2D eigenvalue weighted by Gasteiger charge is 2.31. The maximum absolute atomic E-state index is 13.6. The van der Waals surface area contributed by atoms with E-state index in [2.05, 4.69) is 15.3 Å². The number of H-pyrrole nitrogens is 1. The van der Waals surface area contributed by atoms with Gasteiger partial charge in [-0.05, 0) is 36.4 Å². The molecule has 0 unspecified atom stereocenters. The van der Waals surface area contributed by atoms with Crippen molar-refractivity contribution in [3.63, 3.8) is 0 Å². The maximum atomic E-state index is 13.6. The third kappa shape index (κ3) is 4.32. The number of nitrogens with one attached hydrogen (secondary N) is 2. The van der Waals surface area contributed by atoms with E-state index in [9.17, 15) is 22.8 Å². The Hall–Kier alpha value is -4.45. The number of para-hydroxylation sites is 1. The van der Waals surface area contributed by atoms with E-state index < -0.39 is 23.2 Å². The van der Waals surface area contributed by atoms with Crippen LogP contribution in [0.5, 0.6) is 11.5 Å². The van der Waals surface area contributed by atoms with Crippen LogP contribution in [-0.4, -0.2) is 33.0 Å². The molecule has 2 N–H and O–H groups in total. The number of thioether (sulfide) groups is 1. The number of nitrogens with zero attached hydrogens (tertiary/aromatic N) is 2. The predicted octanol–water partition coefficient (Wildman–Crippen LogP) is 5.35. The van der Waals surface area contributed by atoms with E-state index in [1.54, 1.807) is 42.5 Å². The summed E-state index contributed by atoms with van der Waals surface area (Å²) in [7, 11) is 0. The third-order valence-corrected chi connectivity index (χ3v) is 6.85. The van der Waals surface area contributed by atoms with E-state index in [1.165, 1.54) is 12.1 Å². The molecule has 0 spiro atoms. The van der Waals surface area contributed by atoms with Crippen molar-refractivity contribution < 1.29 is 27.4 Å². The first-order valence-electron chi connectivity index (χ1n) is 11.3. The van der Waals surface area contributed by atoms with Gasteiger partial charge in [0.1, 0.15) is 11.0 Å². The summed E-state index contributed by atoms with van der Waals surface area (Å²) in [5.74, 6) is 0.505. The van der Waals surface area contributed by atoms with Gasteiger partial charge in [0.15, 0.2) is 16.7 Å². The largest absolute Gasteiger partial charge is 0.454 e. The van der Waals surface area contributed by atoms with Crippen molar-refractivity contribution in [2.45, 2.75) is 11.3 Å². The maximum Gasteiger partial charge on any atom is 0.416 e. The predicted molar refractivity (Wildman–Crippen MR) is 136 cm³/mol. The SMILES string of the molecule is O=C(CSc1nc2c([nH]c3ccccc32)c(=O)n1-c1cccc(C(F)(F)F)c1)Nc1ccc2c(c1)OCO2. The number of carbonyl (C=O) groups excluding carboxylic acids is 1. The van der Waals surface area contributed by atoms with Crippen molar-refractivity contribution in [3.8, 4) is 17.2 Å². The van der Waals surface area contributed by atoms with Crippen LogP contribution in [0.15, 0.2) is 76.7 Å². The van der Waals surface area contributed by atoms with Gasteiger partial charge in [0, 0.05) is 22.7 Å². The molecule has 2 aromatic heterocycles. The molecule has 192 valence electrons. The molecule has 0 aliphatic carbocycles. The molecule has 0 atom stereocenters. The van der Waals surface area contributed by atoms with Gasteiger partial charge in [-0.2, -0.15) is 13.2 Å². The molecule has 12 heteroatoms. The highest BCUT2D eigenvalue weighted by molar-refractivity contribution is 7.99. The molecular formula is C26H17F3N4O4S. The first-order valence-corrected chi connectivity index (χ1v) is 12.3. The van der Waals surface area contributed by atoms with Gasteiger partial charge >= 0.3 is 6.18 Å². The molecule has 1 aliphatic rings. The number of aromatic amines is 1. The molecule has 0 saturated carbocycles. The molecule has 38 heavy (non-hydrogen) atoms. The number of amides is 1. The molecule has 0 radical (unpaired) electrons. The van der Waals surface area contributed by atoms with Gasteiger partial charge in [-0.3, -0.25) is 14.2 Å². The summed E-state index contributed by atoms with van der Waals surface area (Å²) in [5.41, 5.74) is 0.154. The van der Waals surface area contributed by atoms with Crippen molar-refractivity contribution in [3.05, 3.63) is 82.6 Å². The van der Waals surface area contributed by atoms with Crippen LogP contribution in [0.3, 0.4) is 0 Å². The average molecular weight is 539 g/mol. The number of ether oxygens (including phenoxy) is 2. The first-order chi connectivity index (χ1) is 18.3. The lowest BCUT2D eigenvalue weighted by atomic mass is 10.2. The van der Waals surface area contributed by atoms with E-state index in [0.29, 0.717) is 33.6 Å². The van der Waals surface area contributed by atoms with Gasteiger partial charge in [-0.1, -0.05) is 36.0 Å². The normalized spacial score (nSPS) is 12.8. The lowest BCUT2D eigenvalue weighted by Crippen LogP contribution is -2.23. The first kappa shape index (κ1) is 23.9. The molecule has 0 fully saturated rings. The molecule has 0 saturated heterocycles. The number of anilines is 1. The van der Waals surface area contributed by atoms with Gasteiger partial charge < -0.3 is 19.8 Å². The van der Waals surface area contributed by atoms with Crippen molar-refractivity contribution in [2.24, 2.45) is 0 Å². The number of rotatable bonds is 5. The summed E-state index contributed by atoms with van der Waals surface area (Å²) < 4.78 is 52.0. The van der Waals surface area contributed by atoms with Gasteiger partial charge in [-0.25, -0.2) is 4.98 Å². The highest BCUT2D eigenvalue weighted by atomic mass is 32.2. The fourth-order valence-corrected chi connectivity index (χ4v) is 5.00. The second kappa shape index (κ2) is 9.14. The van der Waals surface area contributed by atoms with Crippen LogP contribution in [0.2, 0.25) is 0 Å². The minimum atomic E-state index is -4.60. The van der Waals surface area contributed by atoms with Crippen LogP contribution in [0.1, 0.15) is 5.56 Å². The lowest BCUT2D eigenvalue weighted by Gasteiger charge is -2.14. The Morgan fingerprint density at radius 1 is 1.05 bits per heavy atom. The number of carbonyl (C=O) groups is 1. The smallest absolute Gasteiger partial charge is 0.416 e. The van der Waals surface area contributed by atoms with Crippen molar-refractivity contribution >= 4 is 45.3 Å². The number of hydrogen-bond donors (Lipinski definition) is 2. The van der Waals surface area contributed by atoms with Crippen LogP contribution < -0.4 is 20.3 Å². The van der Waals surface area contributed by atoms with Gasteiger partial charge in [0.25, 0.3) is 5.56 Å². The zero-order chi connectivity index (χ0) is 26.4. The number of hydrogen-bond acceptors (Lipinski definition) is 6. The van der Waals surface area contributed by atoms with E-state index >= 15 is 0 Å². The summed E-state index contributed by atoms with van der Waals surface area (Å²) >= 11 is 0.938. The number of fused-ring (bicyclic) bond motifs is 4. The molecule has 3 heterocycles. The van der Waals surface area contributed by atoms with Crippen LogP contribution in [0.4, 0.5) is 18.9 Å². The topological polar surface area (TPSA) is 98.2 Å². The molecule has 0 bridgehead atoms. The standard InChI is InChI=1S/C26H17F3N4O4S/c27-26(28,29)14-4-3-5-16(10-14)33-24(35)23-22(17-6-1-2-7-18(17)31-23)32-25(33)38-12-21(34)30-15-8-9-19-20(11-15)37-13-36-19/h1-11,31H,12-13H2,(H,30,34). The Labute approximate surface area is 216 Å². The monoisotopic (exact) mass is 538 g/mol. The highest BCUT2D eigenvalue weighted by Crippen LogP contribution is 2.35. The second-order valence-electron chi connectivity index (χ2n) is 8.38. The van der Waals surface area contributed by atoms with Crippen LogP contribution >= 0.6 is 11.8 Å². The molecule has 8 nitrogen and oxygen atoms in total. The summed E-state index contributed by atoms with van der Waals surface area (Å²) in [4.78, 5) is 34.0. The number of alkyl halides is 3. The van der Waals surface area contributed by atoms with E-state index in [-0.39, 0.29) is 28.9 Å². The number of aromatic nitrogens is 3. The van der Waals surface area contributed by atoms with Crippen molar-refractivity contribution in [1.29, 1.82) is 0 Å². The summed E-state index contributed by atoms with van der Waals surface area (Å²) in [5, 5.41) is 3.50. The second-order valence-corrected chi connectivity index (χ2v) is 9.32. The van der Waals surface area contributed by atoms with Gasteiger partial charge in [0.05, 0.1) is 17.0 Å². The third-order valence-electron chi connectivity index (χ3n) is 5.91. The molecule has 3 aromatic carbocycles. The fourth-order valence-electron chi connectivity index (χ4n) is 4.19. The van der Waals surface area contributed by atoms with E-state index in [4.69, 9.17) is 9.47 Å². The van der Waals surface area contributed by atoms with Crippen LogP contribution in [0.25, 0.3) is 27.6 Å². The van der Waals surface area contributed by atoms with Crippen LogP contribution in [-0.2, 0) is 11.0 Å². The molecular weight excluding hydrogens is 521 g/mol. The molecule has 1 aliphatic heterocycles. The van der Waals surface area contributed by atoms with Crippen LogP contribution in [0, 0.1) is 0 Å². The summed E-state index contributed by atoms with van der Waals surface area (Å²) in [6, 6.07) is 16.5. The fraction of sp³-hybridized carbons (Fsp3) is 0.115. The van der Waals surface area contributed by atoms with E-state index in [1.807, 2.05) is 0 Å². The minimum Gasteiger partial charge on any atom is -0.454 e. The van der Waals surface area contributed by atoms with Crippen molar-refractivity contribution in [1.82, 2.24) is 14.5 Å². The Bertz CT molecular complexity index is 1780. The Morgan fingerprint density at radius 3 is 2.71 bits per heavy atom. The number of halogens is 3. The van der Waals surface area contributed by atoms with E-state index in [0.717, 1.165) is 28.5 Å². The molecule has 6 rings (SSSR count). The Balaban J connectivity index is 1.39.